The molecule has 0 atom stereocenters. The number of fused-ring (bicyclic) bond motifs is 1. The molecular weight excluding hydrogens is 188 g/mol. The number of amides is 1. The predicted molar refractivity (Wildman–Crippen MR) is 59.7 cm³/mol. The number of carbonyl (C=O) groups is 1. The summed E-state index contributed by atoms with van der Waals surface area (Å²) < 4.78 is 0. The summed E-state index contributed by atoms with van der Waals surface area (Å²) in [6.45, 7) is 1.82. The van der Waals surface area contributed by atoms with E-state index in [-0.39, 0.29) is 5.91 Å². The van der Waals surface area contributed by atoms with Gasteiger partial charge in [-0.2, -0.15) is 5.10 Å². The molecule has 1 aromatic rings. The monoisotopic (exact) mass is 202 g/mol. The lowest BCUT2D eigenvalue weighted by Crippen LogP contribution is -2.17. The van der Waals surface area contributed by atoms with Crippen LogP contribution in [0.4, 0.5) is 0 Å². The van der Waals surface area contributed by atoms with Crippen molar-refractivity contribution in [1.82, 2.24) is 5.43 Å². The zero-order valence-corrected chi connectivity index (χ0v) is 8.79. The second-order valence-electron chi connectivity index (χ2n) is 3.60. The van der Waals surface area contributed by atoms with Crippen LogP contribution in [0.3, 0.4) is 0 Å². The first kappa shape index (κ1) is 9.90. The van der Waals surface area contributed by atoms with Crippen molar-refractivity contribution in [1.29, 1.82) is 0 Å². The van der Waals surface area contributed by atoms with Crippen LogP contribution in [-0.2, 0) is 11.2 Å². The molecule has 0 aromatic heterocycles. The third-order valence-electron chi connectivity index (χ3n) is 2.60. The van der Waals surface area contributed by atoms with Crippen molar-refractivity contribution in [2.75, 3.05) is 0 Å². The maximum absolute atomic E-state index is 11.1. The molecule has 2 rings (SSSR count). The van der Waals surface area contributed by atoms with E-state index < -0.39 is 0 Å². The normalized spacial score (nSPS) is 16.5. The van der Waals surface area contributed by atoms with E-state index >= 15 is 0 Å². The first-order chi connectivity index (χ1) is 7.31. The summed E-state index contributed by atoms with van der Waals surface area (Å²) in [6.07, 6.45) is 2.42. The van der Waals surface area contributed by atoms with Crippen LogP contribution in [0.15, 0.2) is 29.4 Å². The minimum absolute atomic E-state index is 0.0353. The molecule has 0 heterocycles. The predicted octanol–water partition coefficient (Wildman–Crippen LogP) is 1.86. The van der Waals surface area contributed by atoms with Gasteiger partial charge in [0.15, 0.2) is 0 Å². The van der Waals surface area contributed by atoms with Gasteiger partial charge in [-0.05, 0) is 18.4 Å². The fraction of sp³-hybridized carbons (Fsp3) is 0.333. The molecular formula is C12H14N2O. The number of hydrogen-bond donors (Lipinski definition) is 1. The van der Waals surface area contributed by atoms with E-state index in [2.05, 4.69) is 22.7 Å². The van der Waals surface area contributed by atoms with Gasteiger partial charge in [-0.15, -0.1) is 0 Å². The van der Waals surface area contributed by atoms with Gasteiger partial charge in [0.1, 0.15) is 0 Å². The molecule has 0 unspecified atom stereocenters. The lowest BCUT2D eigenvalue weighted by Gasteiger charge is -2.00. The number of nitrogens with one attached hydrogen (secondary N) is 1. The molecule has 1 aliphatic rings. The zero-order valence-electron chi connectivity index (χ0n) is 8.79. The van der Waals surface area contributed by atoms with Crippen molar-refractivity contribution in [3.05, 3.63) is 35.4 Å². The number of aryl methyl sites for hydroxylation is 1. The molecule has 1 aliphatic carbocycles. The Balaban J connectivity index is 2.17. The summed E-state index contributed by atoms with van der Waals surface area (Å²) in [5, 5.41) is 4.15. The van der Waals surface area contributed by atoms with Gasteiger partial charge in [-0.25, -0.2) is 5.43 Å². The molecule has 1 amide bonds. The average Bonchev–Trinajstić information content (AvgIpc) is 2.69. The summed E-state index contributed by atoms with van der Waals surface area (Å²) in [5.74, 6) is -0.0353. The van der Waals surface area contributed by atoms with Crippen LogP contribution in [0.1, 0.15) is 30.9 Å². The van der Waals surface area contributed by atoms with Gasteiger partial charge in [0, 0.05) is 12.0 Å². The molecule has 0 radical (unpaired) electrons. The molecule has 1 aromatic carbocycles. The van der Waals surface area contributed by atoms with Crippen LogP contribution < -0.4 is 5.43 Å². The highest BCUT2D eigenvalue weighted by molar-refractivity contribution is 6.04. The van der Waals surface area contributed by atoms with E-state index in [4.69, 9.17) is 0 Å². The minimum Gasteiger partial charge on any atom is -0.273 e. The maximum Gasteiger partial charge on any atom is 0.239 e. The SMILES string of the molecule is CCC(=O)N/N=C1/CCc2ccccc21. The molecule has 15 heavy (non-hydrogen) atoms. The standard InChI is InChI=1S/C12H14N2O/c1-2-12(15)14-13-11-8-7-9-5-3-4-6-10(9)11/h3-6H,2,7-8H2,1H3,(H,14,15)/b13-11-. The van der Waals surface area contributed by atoms with E-state index in [1.807, 2.05) is 19.1 Å². The van der Waals surface area contributed by atoms with Gasteiger partial charge in [-0.3, -0.25) is 4.79 Å². The van der Waals surface area contributed by atoms with E-state index in [9.17, 15) is 4.79 Å². The third kappa shape index (κ3) is 2.06. The second-order valence-corrected chi connectivity index (χ2v) is 3.60. The number of rotatable bonds is 2. The van der Waals surface area contributed by atoms with Crippen LogP contribution in [0.25, 0.3) is 0 Å². The summed E-state index contributed by atoms with van der Waals surface area (Å²) in [5.41, 5.74) is 6.05. The Bertz CT molecular complexity index is 410. The summed E-state index contributed by atoms with van der Waals surface area (Å²) in [4.78, 5) is 11.1. The Morgan fingerprint density at radius 1 is 1.40 bits per heavy atom. The van der Waals surface area contributed by atoms with E-state index in [0.29, 0.717) is 6.42 Å². The molecule has 0 saturated heterocycles. The highest BCUT2D eigenvalue weighted by Crippen LogP contribution is 2.21. The van der Waals surface area contributed by atoms with Gasteiger partial charge in [0.25, 0.3) is 0 Å². The van der Waals surface area contributed by atoms with Crippen molar-refractivity contribution in [3.8, 4) is 0 Å². The maximum atomic E-state index is 11.1. The fourth-order valence-electron chi connectivity index (χ4n) is 1.73. The molecule has 1 N–H and O–H groups in total. The van der Waals surface area contributed by atoms with Crippen molar-refractivity contribution in [2.24, 2.45) is 5.10 Å². The van der Waals surface area contributed by atoms with Crippen LogP contribution in [-0.4, -0.2) is 11.6 Å². The molecule has 3 nitrogen and oxygen atoms in total. The first-order valence-electron chi connectivity index (χ1n) is 5.25. The van der Waals surface area contributed by atoms with E-state index in [0.717, 1.165) is 18.6 Å². The second kappa shape index (κ2) is 4.26. The Morgan fingerprint density at radius 3 is 3.00 bits per heavy atom. The summed E-state index contributed by atoms with van der Waals surface area (Å²) in [7, 11) is 0. The molecule has 3 heteroatoms. The molecule has 78 valence electrons. The Labute approximate surface area is 89.2 Å². The topological polar surface area (TPSA) is 41.5 Å². The van der Waals surface area contributed by atoms with E-state index in [1.54, 1.807) is 0 Å². The number of carbonyl (C=O) groups excluding carboxylic acids is 1. The van der Waals surface area contributed by atoms with Crippen molar-refractivity contribution in [2.45, 2.75) is 26.2 Å². The van der Waals surface area contributed by atoms with Crippen LogP contribution in [0.5, 0.6) is 0 Å². The summed E-state index contributed by atoms with van der Waals surface area (Å²) in [6, 6.07) is 8.20. The number of hydrazone groups is 1. The largest absolute Gasteiger partial charge is 0.273 e. The lowest BCUT2D eigenvalue weighted by atomic mass is 10.1. The van der Waals surface area contributed by atoms with Crippen molar-refractivity contribution in [3.63, 3.8) is 0 Å². The highest BCUT2D eigenvalue weighted by atomic mass is 16.2. The van der Waals surface area contributed by atoms with Gasteiger partial charge < -0.3 is 0 Å². The quantitative estimate of drug-likeness (QED) is 0.731. The zero-order chi connectivity index (χ0) is 10.7. The highest BCUT2D eigenvalue weighted by Gasteiger charge is 2.16. The van der Waals surface area contributed by atoms with Crippen LogP contribution in [0, 0.1) is 0 Å². The summed E-state index contributed by atoms with van der Waals surface area (Å²) >= 11 is 0. The smallest absolute Gasteiger partial charge is 0.239 e. The number of hydrogen-bond acceptors (Lipinski definition) is 2. The Morgan fingerprint density at radius 2 is 2.20 bits per heavy atom. The first-order valence-corrected chi connectivity index (χ1v) is 5.25. The Hall–Kier alpha value is -1.64. The molecule has 0 spiro atoms. The molecule has 0 bridgehead atoms. The van der Waals surface area contributed by atoms with Crippen molar-refractivity contribution < 1.29 is 4.79 Å². The van der Waals surface area contributed by atoms with Gasteiger partial charge in [-0.1, -0.05) is 31.2 Å². The molecule has 0 saturated carbocycles. The third-order valence-corrected chi connectivity index (χ3v) is 2.60. The van der Waals surface area contributed by atoms with Gasteiger partial charge in [0.2, 0.25) is 5.91 Å². The minimum atomic E-state index is -0.0353. The van der Waals surface area contributed by atoms with Crippen LogP contribution >= 0.6 is 0 Å². The average molecular weight is 202 g/mol. The number of benzene rings is 1. The van der Waals surface area contributed by atoms with Gasteiger partial charge >= 0.3 is 0 Å². The number of nitrogens with zero attached hydrogens (tertiary/aromatic N) is 1. The molecule has 0 fully saturated rings. The molecule has 0 aliphatic heterocycles. The van der Waals surface area contributed by atoms with E-state index in [1.165, 1.54) is 11.1 Å². The van der Waals surface area contributed by atoms with Gasteiger partial charge in [0.05, 0.1) is 5.71 Å². The fourth-order valence-corrected chi connectivity index (χ4v) is 1.73. The lowest BCUT2D eigenvalue weighted by molar-refractivity contribution is -0.120. The Kier molecular flexibility index (Phi) is 2.81. The van der Waals surface area contributed by atoms with Crippen molar-refractivity contribution >= 4 is 11.6 Å². The van der Waals surface area contributed by atoms with Crippen LogP contribution in [0.2, 0.25) is 0 Å².